The molecule has 1 aliphatic heterocycles. The molecule has 2 aromatic carbocycles. The summed E-state index contributed by atoms with van der Waals surface area (Å²) >= 11 is 0. The van der Waals surface area contributed by atoms with Gasteiger partial charge in [0.1, 0.15) is 12.4 Å². The van der Waals surface area contributed by atoms with Crippen LogP contribution >= 0.6 is 0 Å². The van der Waals surface area contributed by atoms with Crippen molar-refractivity contribution >= 4 is 17.6 Å². The van der Waals surface area contributed by atoms with Crippen LogP contribution in [0.1, 0.15) is 19.3 Å². The molecule has 3 aromatic rings. The van der Waals surface area contributed by atoms with Crippen LogP contribution in [0.5, 0.6) is 5.75 Å². The van der Waals surface area contributed by atoms with E-state index in [1.165, 1.54) is 32.4 Å². The lowest BCUT2D eigenvalue weighted by atomic mass is 10.1. The summed E-state index contributed by atoms with van der Waals surface area (Å²) in [5.74, 6) is 1.66. The molecule has 0 radical (unpaired) electrons. The Morgan fingerprint density at radius 2 is 1.71 bits per heavy atom. The maximum absolute atomic E-state index is 5.99. The molecule has 1 saturated heterocycles. The van der Waals surface area contributed by atoms with E-state index in [1.54, 1.807) is 4.68 Å². The van der Waals surface area contributed by atoms with Crippen molar-refractivity contribution in [1.29, 1.82) is 0 Å². The number of nitrogens with zero attached hydrogens (tertiary/aromatic N) is 4. The number of rotatable bonds is 7. The van der Waals surface area contributed by atoms with Gasteiger partial charge in [-0.2, -0.15) is 9.67 Å². The molecular formula is C21H26N6O. The van der Waals surface area contributed by atoms with Gasteiger partial charge >= 0.3 is 0 Å². The lowest BCUT2D eigenvalue weighted by Gasteiger charge is -2.26. The number of anilines is 3. The van der Waals surface area contributed by atoms with Gasteiger partial charge in [0.15, 0.2) is 0 Å². The number of para-hydroxylation sites is 1. The first-order valence-corrected chi connectivity index (χ1v) is 9.78. The van der Waals surface area contributed by atoms with Crippen LogP contribution in [0.15, 0.2) is 54.6 Å². The van der Waals surface area contributed by atoms with Crippen LogP contribution in [0.3, 0.4) is 0 Å². The molecule has 1 aromatic heterocycles. The van der Waals surface area contributed by atoms with Crippen LogP contribution in [0.4, 0.5) is 17.6 Å². The van der Waals surface area contributed by atoms with E-state index in [4.69, 9.17) is 10.5 Å². The smallest absolute Gasteiger partial charge is 0.248 e. The number of aromatic nitrogens is 3. The highest BCUT2D eigenvalue weighted by Gasteiger charge is 2.10. The zero-order valence-electron chi connectivity index (χ0n) is 15.9. The second-order valence-corrected chi connectivity index (χ2v) is 6.94. The first kappa shape index (κ1) is 18.3. The molecule has 0 spiro atoms. The van der Waals surface area contributed by atoms with Crippen LogP contribution in [0, 0.1) is 0 Å². The molecule has 0 atom stereocenters. The summed E-state index contributed by atoms with van der Waals surface area (Å²) in [6.45, 7) is 4.09. The van der Waals surface area contributed by atoms with E-state index in [1.807, 2.05) is 54.6 Å². The Bertz CT molecular complexity index is 872. The Morgan fingerprint density at radius 1 is 0.964 bits per heavy atom. The summed E-state index contributed by atoms with van der Waals surface area (Å²) < 4.78 is 7.48. The minimum atomic E-state index is 0.339. The van der Waals surface area contributed by atoms with Gasteiger partial charge in [-0.15, -0.1) is 5.10 Å². The fraction of sp³-hybridized carbons (Fsp3) is 0.333. The molecule has 1 aliphatic rings. The Balaban J connectivity index is 1.32. The highest BCUT2D eigenvalue weighted by atomic mass is 16.5. The minimum absolute atomic E-state index is 0.339. The largest absolute Gasteiger partial charge is 0.492 e. The maximum Gasteiger partial charge on any atom is 0.248 e. The third-order valence-corrected chi connectivity index (χ3v) is 4.87. The predicted octanol–water partition coefficient (Wildman–Crippen LogP) is 3.46. The molecule has 1 fully saturated rings. The topological polar surface area (TPSA) is 81.2 Å². The molecule has 4 rings (SSSR count). The monoisotopic (exact) mass is 378 g/mol. The normalized spacial score (nSPS) is 14.7. The van der Waals surface area contributed by atoms with E-state index in [2.05, 4.69) is 20.3 Å². The number of hydrogen-bond donors (Lipinski definition) is 2. The molecule has 3 N–H and O–H groups in total. The first-order valence-electron chi connectivity index (χ1n) is 9.78. The van der Waals surface area contributed by atoms with Gasteiger partial charge in [0, 0.05) is 12.2 Å². The predicted molar refractivity (Wildman–Crippen MR) is 111 cm³/mol. The fourth-order valence-electron chi connectivity index (χ4n) is 3.38. The highest BCUT2D eigenvalue weighted by molar-refractivity contribution is 5.56. The molecular weight excluding hydrogens is 352 g/mol. The second-order valence-electron chi connectivity index (χ2n) is 6.94. The summed E-state index contributed by atoms with van der Waals surface area (Å²) in [5, 5.41) is 7.61. The molecule has 7 heteroatoms. The minimum Gasteiger partial charge on any atom is -0.492 e. The quantitative estimate of drug-likeness (QED) is 0.655. The Kier molecular flexibility index (Phi) is 5.72. The number of benzene rings is 2. The summed E-state index contributed by atoms with van der Waals surface area (Å²) in [7, 11) is 0. The van der Waals surface area contributed by atoms with Gasteiger partial charge in [0.05, 0.1) is 5.69 Å². The average Bonchev–Trinajstić information content (AvgIpc) is 3.11. The molecule has 0 amide bonds. The van der Waals surface area contributed by atoms with Crippen molar-refractivity contribution < 1.29 is 4.74 Å². The van der Waals surface area contributed by atoms with E-state index >= 15 is 0 Å². The van der Waals surface area contributed by atoms with Crippen molar-refractivity contribution in [3.63, 3.8) is 0 Å². The van der Waals surface area contributed by atoms with E-state index in [0.717, 1.165) is 23.7 Å². The van der Waals surface area contributed by atoms with Crippen LogP contribution in [0.25, 0.3) is 5.69 Å². The van der Waals surface area contributed by atoms with Crippen molar-refractivity contribution in [3.05, 3.63) is 54.6 Å². The van der Waals surface area contributed by atoms with Crippen molar-refractivity contribution in [1.82, 2.24) is 19.7 Å². The van der Waals surface area contributed by atoms with Gasteiger partial charge in [0.25, 0.3) is 0 Å². The molecule has 146 valence electrons. The molecule has 7 nitrogen and oxygen atoms in total. The average molecular weight is 378 g/mol. The number of nitrogens with two attached hydrogens (primary N) is 1. The number of ether oxygens (including phenoxy) is 1. The van der Waals surface area contributed by atoms with Gasteiger partial charge < -0.3 is 15.8 Å². The maximum atomic E-state index is 5.99. The Labute approximate surface area is 165 Å². The summed E-state index contributed by atoms with van der Waals surface area (Å²) in [6, 6.07) is 17.5. The molecule has 0 saturated carbocycles. The standard InChI is InChI=1S/C21H26N6O/c22-20-24-21(25-27(20)18-7-3-1-4-8-18)23-17-9-11-19(12-10-17)28-16-15-26-13-5-2-6-14-26/h1,3-4,7-12H,2,5-6,13-16H2,(H3,22,23,24,25). The van der Waals surface area contributed by atoms with Crippen LogP contribution in [-0.2, 0) is 0 Å². The summed E-state index contributed by atoms with van der Waals surface area (Å²) in [4.78, 5) is 6.76. The van der Waals surface area contributed by atoms with Crippen LogP contribution < -0.4 is 15.8 Å². The van der Waals surface area contributed by atoms with E-state index in [9.17, 15) is 0 Å². The third kappa shape index (κ3) is 4.61. The zero-order valence-corrected chi connectivity index (χ0v) is 15.9. The van der Waals surface area contributed by atoms with Crippen molar-refractivity contribution in [2.75, 3.05) is 37.3 Å². The van der Waals surface area contributed by atoms with Crippen LogP contribution in [-0.4, -0.2) is 45.9 Å². The Morgan fingerprint density at radius 3 is 2.46 bits per heavy atom. The van der Waals surface area contributed by atoms with E-state index in [0.29, 0.717) is 18.5 Å². The second kappa shape index (κ2) is 8.75. The Hall–Kier alpha value is -3.06. The van der Waals surface area contributed by atoms with Gasteiger partial charge in [-0.25, -0.2) is 0 Å². The summed E-state index contributed by atoms with van der Waals surface area (Å²) in [5.41, 5.74) is 7.75. The molecule has 0 unspecified atom stereocenters. The lowest BCUT2D eigenvalue weighted by Crippen LogP contribution is -2.33. The van der Waals surface area contributed by atoms with Crippen molar-refractivity contribution in [3.8, 4) is 11.4 Å². The number of nitrogen functional groups attached to an aromatic ring is 1. The molecule has 0 bridgehead atoms. The molecule has 0 aliphatic carbocycles. The molecule has 2 heterocycles. The van der Waals surface area contributed by atoms with E-state index < -0.39 is 0 Å². The number of hydrogen-bond acceptors (Lipinski definition) is 6. The number of nitrogens with one attached hydrogen (secondary N) is 1. The van der Waals surface area contributed by atoms with Crippen molar-refractivity contribution in [2.24, 2.45) is 0 Å². The van der Waals surface area contributed by atoms with Crippen LogP contribution in [0.2, 0.25) is 0 Å². The van der Waals surface area contributed by atoms with Gasteiger partial charge in [0.2, 0.25) is 11.9 Å². The van der Waals surface area contributed by atoms with E-state index in [-0.39, 0.29) is 0 Å². The molecule has 28 heavy (non-hydrogen) atoms. The van der Waals surface area contributed by atoms with Gasteiger partial charge in [-0.05, 0) is 62.3 Å². The first-order chi connectivity index (χ1) is 13.8. The van der Waals surface area contributed by atoms with Crippen molar-refractivity contribution in [2.45, 2.75) is 19.3 Å². The SMILES string of the molecule is Nc1nc(Nc2ccc(OCCN3CCCCC3)cc2)nn1-c1ccccc1. The summed E-state index contributed by atoms with van der Waals surface area (Å²) in [6.07, 6.45) is 3.97. The highest BCUT2D eigenvalue weighted by Crippen LogP contribution is 2.20. The zero-order chi connectivity index (χ0) is 19.2. The van der Waals surface area contributed by atoms with Gasteiger partial charge in [-0.3, -0.25) is 4.90 Å². The fourth-order valence-corrected chi connectivity index (χ4v) is 3.38. The number of piperidine rings is 1. The van der Waals surface area contributed by atoms with Gasteiger partial charge in [-0.1, -0.05) is 24.6 Å². The number of likely N-dealkylation sites (tertiary alicyclic amines) is 1. The third-order valence-electron chi connectivity index (χ3n) is 4.87. The lowest BCUT2D eigenvalue weighted by molar-refractivity contribution is 0.183.